The molecule has 0 saturated heterocycles. The van der Waals surface area contributed by atoms with Crippen LogP contribution in [0, 0.1) is 5.82 Å². The van der Waals surface area contributed by atoms with Gasteiger partial charge in [-0.15, -0.1) is 11.8 Å². The summed E-state index contributed by atoms with van der Waals surface area (Å²) < 4.78 is 12.8. The molecule has 3 aromatic rings. The van der Waals surface area contributed by atoms with Gasteiger partial charge in [-0.2, -0.15) is 0 Å². The number of hydrogen-bond acceptors (Lipinski definition) is 2. The summed E-state index contributed by atoms with van der Waals surface area (Å²) in [5.74, 6) is 0.250. The van der Waals surface area contributed by atoms with Crippen molar-refractivity contribution in [3.8, 4) is 0 Å². The summed E-state index contributed by atoms with van der Waals surface area (Å²) in [7, 11) is 0. The molecule has 3 nitrogen and oxygen atoms in total. The Hall–Kier alpha value is -2.27. The molecule has 1 aromatic heterocycles. The summed E-state index contributed by atoms with van der Waals surface area (Å²) in [5.41, 5.74) is 1.58. The summed E-state index contributed by atoms with van der Waals surface area (Å²) in [5, 5.41) is 4.03. The lowest BCUT2D eigenvalue weighted by Crippen LogP contribution is -2.25. The van der Waals surface area contributed by atoms with Crippen molar-refractivity contribution in [1.82, 2.24) is 10.3 Å². The van der Waals surface area contributed by atoms with Gasteiger partial charge in [0.1, 0.15) is 5.82 Å². The highest BCUT2D eigenvalue weighted by Gasteiger charge is 2.06. The van der Waals surface area contributed by atoms with Crippen molar-refractivity contribution >= 4 is 28.6 Å². The van der Waals surface area contributed by atoms with Crippen LogP contribution in [0.4, 0.5) is 4.39 Å². The van der Waals surface area contributed by atoms with Crippen LogP contribution >= 0.6 is 11.8 Å². The fraction of sp³-hybridized carbons (Fsp3) is 0.118. The van der Waals surface area contributed by atoms with Crippen molar-refractivity contribution in [1.29, 1.82) is 0 Å². The van der Waals surface area contributed by atoms with E-state index in [4.69, 9.17) is 0 Å². The van der Waals surface area contributed by atoms with Crippen LogP contribution in [0.5, 0.6) is 0 Å². The Balaban J connectivity index is 1.51. The number of benzene rings is 2. The van der Waals surface area contributed by atoms with Gasteiger partial charge in [-0.25, -0.2) is 4.39 Å². The van der Waals surface area contributed by atoms with Crippen LogP contribution in [0.25, 0.3) is 10.9 Å². The van der Waals surface area contributed by atoms with Gasteiger partial charge in [0.05, 0.1) is 0 Å². The molecule has 1 heterocycles. The lowest BCUT2D eigenvalue weighted by Gasteiger charge is -2.05. The second-order valence-electron chi connectivity index (χ2n) is 4.81. The minimum absolute atomic E-state index is 0.181. The monoisotopic (exact) mass is 314 g/mol. The summed E-state index contributed by atoms with van der Waals surface area (Å²) in [6, 6.07) is 13.7. The largest absolute Gasteiger partial charge is 0.360 e. The van der Waals surface area contributed by atoms with E-state index in [1.165, 1.54) is 34.5 Å². The fourth-order valence-corrected chi connectivity index (χ4v) is 3.09. The van der Waals surface area contributed by atoms with Crippen LogP contribution in [0.15, 0.2) is 59.6 Å². The van der Waals surface area contributed by atoms with Crippen molar-refractivity contribution in [2.75, 3.05) is 12.3 Å². The van der Waals surface area contributed by atoms with Gasteiger partial charge in [0.15, 0.2) is 0 Å². The standard InChI is InChI=1S/C17H15FN2OS/c18-13-7-5-12(6-8-13)17(21)19-9-10-22-16-11-20-15-4-2-1-3-14(15)16/h1-8,11,20H,9-10H2,(H,19,21). The molecule has 0 bridgehead atoms. The molecule has 0 saturated carbocycles. The van der Waals surface area contributed by atoms with Gasteiger partial charge in [-0.3, -0.25) is 4.79 Å². The maximum Gasteiger partial charge on any atom is 0.251 e. The first kappa shape index (κ1) is 14.7. The van der Waals surface area contributed by atoms with E-state index < -0.39 is 0 Å². The number of H-pyrrole nitrogens is 1. The second-order valence-corrected chi connectivity index (χ2v) is 5.95. The molecule has 0 aliphatic carbocycles. The van der Waals surface area contributed by atoms with E-state index in [0.717, 1.165) is 11.3 Å². The molecule has 112 valence electrons. The summed E-state index contributed by atoms with van der Waals surface area (Å²) in [4.78, 5) is 16.3. The molecule has 0 unspecified atom stereocenters. The van der Waals surface area contributed by atoms with Gasteiger partial charge in [0.2, 0.25) is 0 Å². The van der Waals surface area contributed by atoms with Crippen LogP contribution in [-0.2, 0) is 0 Å². The second kappa shape index (κ2) is 6.66. The van der Waals surface area contributed by atoms with E-state index in [2.05, 4.69) is 16.4 Å². The smallest absolute Gasteiger partial charge is 0.251 e. The maximum atomic E-state index is 12.8. The molecule has 2 aromatic carbocycles. The molecule has 0 aliphatic rings. The normalized spacial score (nSPS) is 10.8. The van der Waals surface area contributed by atoms with Gasteiger partial charge in [-0.05, 0) is 30.3 Å². The number of carbonyl (C=O) groups excluding carboxylic acids is 1. The Morgan fingerprint density at radius 2 is 1.91 bits per heavy atom. The molecule has 0 aliphatic heterocycles. The van der Waals surface area contributed by atoms with Crippen molar-refractivity contribution in [3.63, 3.8) is 0 Å². The van der Waals surface area contributed by atoms with Gasteiger partial charge in [-0.1, -0.05) is 18.2 Å². The predicted molar refractivity (Wildman–Crippen MR) is 87.8 cm³/mol. The Labute approximate surface area is 131 Å². The van der Waals surface area contributed by atoms with E-state index >= 15 is 0 Å². The van der Waals surface area contributed by atoms with Crippen LogP contribution in [-0.4, -0.2) is 23.2 Å². The third kappa shape index (κ3) is 3.31. The first-order chi connectivity index (χ1) is 10.7. The number of para-hydroxylation sites is 1. The zero-order valence-electron chi connectivity index (χ0n) is 11.8. The quantitative estimate of drug-likeness (QED) is 0.555. The SMILES string of the molecule is O=C(NCCSc1c[nH]c2ccccc12)c1ccc(F)cc1. The minimum Gasteiger partial charge on any atom is -0.360 e. The van der Waals surface area contributed by atoms with Crippen molar-refractivity contribution in [3.05, 3.63) is 66.1 Å². The van der Waals surface area contributed by atoms with Crippen molar-refractivity contribution in [2.24, 2.45) is 0 Å². The number of thioether (sulfide) groups is 1. The lowest BCUT2D eigenvalue weighted by atomic mass is 10.2. The molecule has 2 N–H and O–H groups in total. The highest BCUT2D eigenvalue weighted by atomic mass is 32.2. The fourth-order valence-electron chi connectivity index (χ4n) is 2.19. The number of hydrogen-bond donors (Lipinski definition) is 2. The summed E-state index contributed by atoms with van der Waals surface area (Å²) in [6.45, 7) is 0.556. The van der Waals surface area contributed by atoms with Crippen LogP contribution in [0.1, 0.15) is 10.4 Å². The molecule has 0 radical (unpaired) electrons. The van der Waals surface area contributed by atoms with Gasteiger partial charge < -0.3 is 10.3 Å². The van der Waals surface area contributed by atoms with Crippen molar-refractivity contribution < 1.29 is 9.18 Å². The minimum atomic E-state index is -0.341. The zero-order valence-corrected chi connectivity index (χ0v) is 12.6. The molecular formula is C17H15FN2OS. The topological polar surface area (TPSA) is 44.9 Å². The number of aromatic amines is 1. The van der Waals surface area contributed by atoms with E-state index in [1.54, 1.807) is 11.8 Å². The van der Waals surface area contributed by atoms with Gasteiger partial charge >= 0.3 is 0 Å². The first-order valence-corrected chi connectivity index (χ1v) is 7.95. The molecule has 3 rings (SSSR count). The zero-order chi connectivity index (χ0) is 15.4. The van der Waals surface area contributed by atoms with E-state index in [9.17, 15) is 9.18 Å². The van der Waals surface area contributed by atoms with Crippen LogP contribution in [0.2, 0.25) is 0 Å². The highest BCUT2D eigenvalue weighted by Crippen LogP contribution is 2.27. The number of nitrogens with one attached hydrogen (secondary N) is 2. The van der Waals surface area contributed by atoms with E-state index in [-0.39, 0.29) is 11.7 Å². The first-order valence-electron chi connectivity index (χ1n) is 6.97. The highest BCUT2D eigenvalue weighted by molar-refractivity contribution is 7.99. The molecule has 5 heteroatoms. The van der Waals surface area contributed by atoms with Crippen LogP contribution < -0.4 is 5.32 Å². The van der Waals surface area contributed by atoms with E-state index in [1.807, 2.05) is 24.4 Å². The number of carbonyl (C=O) groups is 1. The molecule has 0 spiro atoms. The number of amides is 1. The average molecular weight is 314 g/mol. The molecule has 0 atom stereocenters. The Morgan fingerprint density at radius 3 is 2.73 bits per heavy atom. The lowest BCUT2D eigenvalue weighted by molar-refractivity contribution is 0.0956. The number of fused-ring (bicyclic) bond motifs is 1. The maximum absolute atomic E-state index is 12.8. The predicted octanol–water partition coefficient (Wildman–Crippen LogP) is 3.83. The molecular weight excluding hydrogens is 299 g/mol. The Bertz CT molecular complexity index is 783. The average Bonchev–Trinajstić information content (AvgIpc) is 2.95. The number of rotatable bonds is 5. The number of aromatic nitrogens is 1. The number of halogens is 1. The third-order valence-corrected chi connectivity index (χ3v) is 4.36. The Morgan fingerprint density at radius 1 is 1.14 bits per heavy atom. The van der Waals surface area contributed by atoms with Gasteiger partial charge in [0, 0.05) is 39.9 Å². The molecule has 0 fully saturated rings. The summed E-state index contributed by atoms with van der Waals surface area (Å²) >= 11 is 1.69. The third-order valence-electron chi connectivity index (χ3n) is 3.30. The van der Waals surface area contributed by atoms with Crippen molar-refractivity contribution in [2.45, 2.75) is 4.90 Å². The molecule has 22 heavy (non-hydrogen) atoms. The van der Waals surface area contributed by atoms with E-state index in [0.29, 0.717) is 12.1 Å². The summed E-state index contributed by atoms with van der Waals surface area (Å²) in [6.07, 6.45) is 1.98. The van der Waals surface area contributed by atoms with Gasteiger partial charge in [0.25, 0.3) is 5.91 Å². The molecule has 1 amide bonds. The Kier molecular flexibility index (Phi) is 4.44. The van der Waals surface area contributed by atoms with Crippen LogP contribution in [0.3, 0.4) is 0 Å².